The van der Waals surface area contributed by atoms with Crippen molar-refractivity contribution in [2.24, 2.45) is 5.92 Å². The average molecular weight is 315 g/mol. The maximum Gasteiger partial charge on any atom is 0.293 e. The highest BCUT2D eigenvalue weighted by atomic mass is 79.9. The lowest BCUT2D eigenvalue weighted by molar-refractivity contribution is -0.384. The van der Waals surface area contributed by atoms with Crippen molar-refractivity contribution in [1.29, 1.82) is 0 Å². The Hall–Kier alpha value is -1.10. The van der Waals surface area contributed by atoms with Gasteiger partial charge in [-0.3, -0.25) is 10.1 Å². The monoisotopic (exact) mass is 314 g/mol. The van der Waals surface area contributed by atoms with E-state index in [4.69, 9.17) is 5.73 Å². The number of anilines is 1. The smallest absolute Gasteiger partial charge is 0.293 e. The van der Waals surface area contributed by atoms with Crippen LogP contribution in [0.4, 0.5) is 11.4 Å². The summed E-state index contributed by atoms with van der Waals surface area (Å²) in [6, 6.07) is 4.51. The predicted octanol–water partition coefficient (Wildman–Crippen LogP) is 4.53. The summed E-state index contributed by atoms with van der Waals surface area (Å²) in [6.07, 6.45) is 7.44. The molecule has 0 unspecified atom stereocenters. The molecule has 0 heterocycles. The molecule has 0 saturated heterocycles. The summed E-state index contributed by atoms with van der Waals surface area (Å²) in [5.74, 6) is 1.04. The molecular weight excluding hydrogens is 296 g/mol. The summed E-state index contributed by atoms with van der Waals surface area (Å²) in [5, 5.41) is 10.3. The zero-order valence-corrected chi connectivity index (χ0v) is 12.1. The van der Waals surface area contributed by atoms with Crippen LogP contribution in [0.3, 0.4) is 0 Å². The summed E-state index contributed by atoms with van der Waals surface area (Å²) in [4.78, 5) is 9.76. The van der Waals surface area contributed by atoms with Gasteiger partial charge >= 0.3 is 0 Å². The number of hydrogen-bond acceptors (Lipinski definition) is 3. The zero-order valence-electron chi connectivity index (χ0n) is 10.6. The van der Waals surface area contributed by atoms with E-state index in [-0.39, 0.29) is 11.4 Å². The van der Waals surface area contributed by atoms with E-state index in [1.807, 2.05) is 0 Å². The minimum Gasteiger partial charge on any atom is -0.393 e. The Labute approximate surface area is 116 Å². The first-order valence-corrected chi connectivity index (χ1v) is 6.99. The largest absolute Gasteiger partial charge is 0.393 e. The lowest BCUT2D eigenvalue weighted by atomic mass is 9.91. The quantitative estimate of drug-likeness (QED) is 0.470. The van der Waals surface area contributed by atoms with Gasteiger partial charge in [0.05, 0.1) is 4.92 Å². The van der Waals surface area contributed by atoms with Crippen molar-refractivity contribution in [1.82, 2.24) is 0 Å². The SMILES string of the molecule is CC1CCCCC1.Nc1ccc(Br)cc1[N+](=O)[O-]. The first-order valence-electron chi connectivity index (χ1n) is 6.20. The minimum atomic E-state index is -0.514. The fourth-order valence-electron chi connectivity index (χ4n) is 1.98. The van der Waals surface area contributed by atoms with Crippen molar-refractivity contribution in [2.45, 2.75) is 39.0 Å². The van der Waals surface area contributed by atoms with E-state index in [9.17, 15) is 10.1 Å². The van der Waals surface area contributed by atoms with Crippen molar-refractivity contribution in [2.75, 3.05) is 5.73 Å². The molecule has 0 amide bonds. The molecule has 1 aromatic rings. The molecular formula is C13H19BrN2O2. The van der Waals surface area contributed by atoms with Crippen LogP contribution in [-0.2, 0) is 0 Å². The van der Waals surface area contributed by atoms with E-state index >= 15 is 0 Å². The van der Waals surface area contributed by atoms with Gasteiger partial charge in [0, 0.05) is 10.5 Å². The van der Waals surface area contributed by atoms with Gasteiger partial charge in [0.2, 0.25) is 0 Å². The third kappa shape index (κ3) is 5.04. The number of hydrogen-bond donors (Lipinski definition) is 1. The van der Waals surface area contributed by atoms with Crippen LogP contribution in [0.25, 0.3) is 0 Å². The Bertz CT molecular complexity index is 404. The molecule has 0 spiro atoms. The number of nitrogen functional groups attached to an aromatic ring is 1. The Morgan fingerprint density at radius 2 is 1.94 bits per heavy atom. The number of halogens is 1. The summed E-state index contributed by atoms with van der Waals surface area (Å²) in [7, 11) is 0. The lowest BCUT2D eigenvalue weighted by Crippen LogP contribution is -1.99. The van der Waals surface area contributed by atoms with Crippen LogP contribution in [0, 0.1) is 16.0 Å². The Morgan fingerprint density at radius 3 is 2.33 bits per heavy atom. The van der Waals surface area contributed by atoms with Crippen LogP contribution in [0.2, 0.25) is 0 Å². The Balaban J connectivity index is 0.000000199. The van der Waals surface area contributed by atoms with Crippen LogP contribution in [0.1, 0.15) is 39.0 Å². The number of rotatable bonds is 1. The Morgan fingerprint density at radius 1 is 1.33 bits per heavy atom. The average Bonchev–Trinajstić information content (AvgIpc) is 2.34. The third-order valence-corrected chi connectivity index (χ3v) is 3.58. The van der Waals surface area contributed by atoms with Crippen LogP contribution in [0.15, 0.2) is 22.7 Å². The van der Waals surface area contributed by atoms with Gasteiger partial charge in [0.25, 0.3) is 5.69 Å². The van der Waals surface area contributed by atoms with Gasteiger partial charge in [0.15, 0.2) is 0 Å². The van der Waals surface area contributed by atoms with Crippen molar-refractivity contribution in [3.8, 4) is 0 Å². The van der Waals surface area contributed by atoms with E-state index in [1.165, 1.54) is 44.2 Å². The van der Waals surface area contributed by atoms with Gasteiger partial charge in [-0.25, -0.2) is 0 Å². The minimum absolute atomic E-state index is 0.0700. The fourth-order valence-corrected chi connectivity index (χ4v) is 2.33. The van der Waals surface area contributed by atoms with Crippen molar-refractivity contribution in [3.63, 3.8) is 0 Å². The normalized spacial score (nSPS) is 15.7. The fraction of sp³-hybridized carbons (Fsp3) is 0.538. The number of benzene rings is 1. The molecule has 2 N–H and O–H groups in total. The molecule has 4 nitrogen and oxygen atoms in total. The Kier molecular flexibility index (Phi) is 6.12. The van der Waals surface area contributed by atoms with E-state index in [0.29, 0.717) is 4.47 Å². The molecule has 0 atom stereocenters. The second-order valence-corrected chi connectivity index (χ2v) is 5.62. The second kappa shape index (κ2) is 7.36. The highest BCUT2D eigenvalue weighted by Crippen LogP contribution is 2.24. The predicted molar refractivity (Wildman–Crippen MR) is 77.5 cm³/mol. The van der Waals surface area contributed by atoms with E-state index in [2.05, 4.69) is 22.9 Å². The van der Waals surface area contributed by atoms with E-state index < -0.39 is 4.92 Å². The summed E-state index contributed by atoms with van der Waals surface area (Å²) >= 11 is 3.10. The molecule has 18 heavy (non-hydrogen) atoms. The summed E-state index contributed by atoms with van der Waals surface area (Å²) in [5.41, 5.74) is 5.44. The highest BCUT2D eigenvalue weighted by molar-refractivity contribution is 9.10. The molecule has 1 saturated carbocycles. The molecule has 0 aromatic heterocycles. The standard InChI is InChI=1S/C7H14.C6H5BrN2O2/c1-7-5-3-2-4-6-7;7-4-1-2-5(8)6(3-4)9(10)11/h7H,2-6H2,1H3;1-3H,8H2. The molecule has 0 radical (unpaired) electrons. The van der Waals surface area contributed by atoms with Crippen molar-refractivity contribution >= 4 is 27.3 Å². The van der Waals surface area contributed by atoms with Gasteiger partial charge in [0.1, 0.15) is 5.69 Å². The van der Waals surface area contributed by atoms with Crippen LogP contribution < -0.4 is 5.73 Å². The van der Waals surface area contributed by atoms with Crippen LogP contribution >= 0.6 is 15.9 Å². The van der Waals surface area contributed by atoms with Crippen LogP contribution in [-0.4, -0.2) is 4.92 Å². The zero-order chi connectivity index (χ0) is 13.5. The van der Waals surface area contributed by atoms with Gasteiger partial charge in [-0.1, -0.05) is 55.0 Å². The number of nitrogens with zero attached hydrogens (tertiary/aromatic N) is 1. The molecule has 1 fully saturated rings. The topological polar surface area (TPSA) is 69.2 Å². The van der Waals surface area contributed by atoms with Gasteiger partial charge in [-0.05, 0) is 18.1 Å². The molecule has 1 aliphatic carbocycles. The molecule has 1 aromatic carbocycles. The maximum atomic E-state index is 10.3. The van der Waals surface area contributed by atoms with Crippen molar-refractivity contribution < 1.29 is 4.92 Å². The molecule has 0 bridgehead atoms. The highest BCUT2D eigenvalue weighted by Gasteiger charge is 2.10. The summed E-state index contributed by atoms with van der Waals surface area (Å²) in [6.45, 7) is 2.36. The molecule has 100 valence electrons. The molecule has 2 rings (SSSR count). The van der Waals surface area contributed by atoms with Crippen LogP contribution in [0.5, 0.6) is 0 Å². The second-order valence-electron chi connectivity index (χ2n) is 4.70. The number of nitro benzene ring substituents is 1. The van der Waals surface area contributed by atoms with E-state index in [0.717, 1.165) is 5.92 Å². The molecule has 0 aliphatic heterocycles. The summed E-state index contributed by atoms with van der Waals surface area (Å²) < 4.78 is 0.651. The third-order valence-electron chi connectivity index (χ3n) is 3.08. The lowest BCUT2D eigenvalue weighted by Gasteiger charge is -2.15. The number of nitrogens with two attached hydrogens (primary N) is 1. The molecule has 1 aliphatic rings. The van der Waals surface area contributed by atoms with Gasteiger partial charge < -0.3 is 5.73 Å². The van der Waals surface area contributed by atoms with Gasteiger partial charge in [-0.2, -0.15) is 0 Å². The first kappa shape index (κ1) is 15.0. The maximum absolute atomic E-state index is 10.3. The van der Waals surface area contributed by atoms with Crippen molar-refractivity contribution in [3.05, 3.63) is 32.8 Å². The molecule has 5 heteroatoms. The van der Waals surface area contributed by atoms with E-state index in [1.54, 1.807) is 6.07 Å². The van der Waals surface area contributed by atoms with Gasteiger partial charge in [-0.15, -0.1) is 0 Å². The number of nitro groups is 1. The first-order chi connectivity index (χ1) is 8.50.